The maximum atomic E-state index is 5.21. The number of methoxy groups -OCH3 is 1. The smallest absolute Gasteiger partial charge is 0.118 e. The molecule has 0 aliphatic rings. The van der Waals surface area contributed by atoms with Crippen molar-refractivity contribution < 1.29 is 4.74 Å². The van der Waals surface area contributed by atoms with Crippen LogP contribution in [0.2, 0.25) is 0 Å². The van der Waals surface area contributed by atoms with Gasteiger partial charge in [-0.15, -0.1) is 0 Å². The van der Waals surface area contributed by atoms with E-state index in [0.717, 1.165) is 31.8 Å². The van der Waals surface area contributed by atoms with Crippen molar-refractivity contribution in [2.24, 2.45) is 5.92 Å². The summed E-state index contributed by atoms with van der Waals surface area (Å²) in [4.78, 5) is 0. The van der Waals surface area contributed by atoms with Crippen molar-refractivity contribution in [3.8, 4) is 5.75 Å². The van der Waals surface area contributed by atoms with Crippen LogP contribution in [0.1, 0.15) is 31.4 Å². The molecule has 0 aliphatic carbocycles. The Morgan fingerprint density at radius 1 is 1.00 bits per heavy atom. The lowest BCUT2D eigenvalue weighted by molar-refractivity contribution is 0.409. The Bertz CT molecular complexity index is 635. The van der Waals surface area contributed by atoms with Gasteiger partial charge in [0.2, 0.25) is 0 Å². The topological polar surface area (TPSA) is 33.3 Å². The van der Waals surface area contributed by atoms with E-state index in [1.165, 1.54) is 11.1 Å². The first kappa shape index (κ1) is 20.2. The molecule has 140 valence electrons. The quantitative estimate of drug-likeness (QED) is 0.624. The van der Waals surface area contributed by atoms with E-state index in [1.807, 2.05) is 18.2 Å². The summed E-state index contributed by atoms with van der Waals surface area (Å²) in [6.45, 7) is 7.27. The Hall–Kier alpha value is -2.10. The maximum Gasteiger partial charge on any atom is 0.118 e. The second-order valence-electron chi connectivity index (χ2n) is 7.03. The third kappa shape index (κ3) is 7.85. The van der Waals surface area contributed by atoms with Gasteiger partial charge in [-0.05, 0) is 35.6 Å². The molecule has 2 N–H and O–H groups in total. The van der Waals surface area contributed by atoms with Crippen molar-refractivity contribution in [3.05, 3.63) is 71.8 Å². The Balaban J connectivity index is 1.75. The molecule has 0 saturated carbocycles. The third-order valence-corrected chi connectivity index (χ3v) is 4.27. The van der Waals surface area contributed by atoms with Gasteiger partial charge >= 0.3 is 0 Å². The summed E-state index contributed by atoms with van der Waals surface area (Å²) in [7, 11) is 1.70. The van der Waals surface area contributed by atoms with Gasteiger partial charge in [-0.2, -0.15) is 0 Å². The average Bonchev–Trinajstić information content (AvgIpc) is 2.66. The van der Waals surface area contributed by atoms with Crippen molar-refractivity contribution in [3.63, 3.8) is 0 Å². The predicted octanol–water partition coefficient (Wildman–Crippen LogP) is 4.50. The lowest BCUT2D eigenvalue weighted by atomic mass is 10.0. The minimum atomic E-state index is 0.466. The van der Waals surface area contributed by atoms with Crippen LogP contribution in [0, 0.1) is 5.92 Å². The van der Waals surface area contributed by atoms with E-state index < -0.39 is 0 Å². The van der Waals surface area contributed by atoms with E-state index in [1.54, 1.807) is 7.11 Å². The largest absolute Gasteiger partial charge is 0.497 e. The average molecular weight is 353 g/mol. The van der Waals surface area contributed by atoms with Crippen molar-refractivity contribution in [1.82, 2.24) is 10.6 Å². The van der Waals surface area contributed by atoms with Crippen LogP contribution < -0.4 is 15.4 Å². The lowest BCUT2D eigenvalue weighted by Gasteiger charge is -2.20. The van der Waals surface area contributed by atoms with Crippen molar-refractivity contribution >= 4 is 6.08 Å². The van der Waals surface area contributed by atoms with Gasteiger partial charge in [0.1, 0.15) is 5.75 Å². The summed E-state index contributed by atoms with van der Waals surface area (Å²) in [5.41, 5.74) is 2.52. The molecular weight excluding hydrogens is 320 g/mol. The number of hydrogen-bond donors (Lipinski definition) is 2. The molecule has 0 heterocycles. The number of nitrogens with one attached hydrogen (secondary N) is 2. The van der Waals surface area contributed by atoms with Crippen LogP contribution in [-0.4, -0.2) is 26.2 Å². The van der Waals surface area contributed by atoms with Crippen LogP contribution >= 0.6 is 0 Å². The van der Waals surface area contributed by atoms with Crippen LogP contribution in [0.4, 0.5) is 0 Å². The fourth-order valence-corrected chi connectivity index (χ4v) is 2.94. The van der Waals surface area contributed by atoms with Crippen LogP contribution in [0.25, 0.3) is 6.08 Å². The fourth-order valence-electron chi connectivity index (χ4n) is 2.94. The van der Waals surface area contributed by atoms with E-state index in [4.69, 9.17) is 4.74 Å². The van der Waals surface area contributed by atoms with Gasteiger partial charge in [0.05, 0.1) is 7.11 Å². The summed E-state index contributed by atoms with van der Waals surface area (Å²) in [5, 5.41) is 7.23. The number of rotatable bonds is 11. The molecule has 0 spiro atoms. The van der Waals surface area contributed by atoms with Gasteiger partial charge < -0.3 is 15.4 Å². The summed E-state index contributed by atoms with van der Waals surface area (Å²) in [5.74, 6) is 1.58. The number of hydrogen-bond acceptors (Lipinski definition) is 3. The minimum Gasteiger partial charge on any atom is -0.497 e. The van der Waals surface area contributed by atoms with Gasteiger partial charge in [-0.1, -0.05) is 68.5 Å². The first-order valence-corrected chi connectivity index (χ1v) is 9.46. The molecule has 0 saturated heterocycles. The van der Waals surface area contributed by atoms with Gasteiger partial charge in [0.15, 0.2) is 0 Å². The van der Waals surface area contributed by atoms with Gasteiger partial charge in [0.25, 0.3) is 0 Å². The normalized spacial score (nSPS) is 12.6. The Labute approximate surface area is 158 Å². The highest BCUT2D eigenvalue weighted by Gasteiger charge is 2.09. The molecule has 0 amide bonds. The SMILES string of the molecule is COc1ccc(CNCC(CC(C)C)NC/C=C/c2ccccc2)cc1. The molecule has 0 fully saturated rings. The zero-order chi connectivity index (χ0) is 18.6. The van der Waals surface area contributed by atoms with Crippen LogP contribution in [-0.2, 0) is 6.54 Å². The van der Waals surface area contributed by atoms with Gasteiger partial charge in [-0.3, -0.25) is 0 Å². The molecule has 3 heteroatoms. The van der Waals surface area contributed by atoms with Crippen molar-refractivity contribution in [1.29, 1.82) is 0 Å². The van der Waals surface area contributed by atoms with Crippen LogP contribution in [0.5, 0.6) is 5.75 Å². The van der Waals surface area contributed by atoms with E-state index in [0.29, 0.717) is 12.0 Å². The third-order valence-electron chi connectivity index (χ3n) is 4.27. The molecule has 26 heavy (non-hydrogen) atoms. The molecule has 0 aliphatic heterocycles. The zero-order valence-electron chi connectivity index (χ0n) is 16.2. The Kier molecular flexibility index (Phi) is 8.94. The number of ether oxygens (including phenoxy) is 1. The van der Waals surface area contributed by atoms with Crippen LogP contribution in [0.3, 0.4) is 0 Å². The highest BCUT2D eigenvalue weighted by Crippen LogP contribution is 2.11. The first-order valence-electron chi connectivity index (χ1n) is 9.46. The van der Waals surface area contributed by atoms with E-state index in [9.17, 15) is 0 Å². The molecular formula is C23H32N2O. The van der Waals surface area contributed by atoms with Crippen LogP contribution in [0.15, 0.2) is 60.7 Å². The molecule has 0 bridgehead atoms. The molecule has 2 rings (SSSR count). The number of benzene rings is 2. The minimum absolute atomic E-state index is 0.466. The van der Waals surface area contributed by atoms with Crippen molar-refractivity contribution in [2.45, 2.75) is 32.9 Å². The highest BCUT2D eigenvalue weighted by atomic mass is 16.5. The summed E-state index contributed by atoms with van der Waals surface area (Å²) >= 11 is 0. The summed E-state index contributed by atoms with van der Waals surface area (Å²) in [6.07, 6.45) is 5.53. The molecule has 1 unspecified atom stereocenters. The summed E-state index contributed by atoms with van der Waals surface area (Å²) in [6, 6.07) is 19.1. The van der Waals surface area contributed by atoms with Crippen molar-refractivity contribution in [2.75, 3.05) is 20.2 Å². The van der Waals surface area contributed by atoms with Gasteiger partial charge in [-0.25, -0.2) is 0 Å². The van der Waals surface area contributed by atoms with Gasteiger partial charge in [0, 0.05) is 25.7 Å². The fraction of sp³-hybridized carbons (Fsp3) is 0.391. The molecule has 0 aromatic heterocycles. The molecule has 2 aromatic carbocycles. The van der Waals surface area contributed by atoms with E-state index in [2.05, 4.69) is 73.0 Å². The maximum absolute atomic E-state index is 5.21. The van der Waals surface area contributed by atoms with E-state index in [-0.39, 0.29) is 0 Å². The Morgan fingerprint density at radius 2 is 1.73 bits per heavy atom. The molecule has 2 aromatic rings. The van der Waals surface area contributed by atoms with E-state index >= 15 is 0 Å². The summed E-state index contributed by atoms with van der Waals surface area (Å²) < 4.78 is 5.21. The molecule has 1 atom stereocenters. The Morgan fingerprint density at radius 3 is 2.38 bits per heavy atom. The zero-order valence-corrected chi connectivity index (χ0v) is 16.2. The first-order chi connectivity index (χ1) is 12.7. The highest BCUT2D eigenvalue weighted by molar-refractivity contribution is 5.48. The standard InChI is InChI=1S/C23H32N2O/c1-19(2)16-22(25-15-7-10-20-8-5-4-6-9-20)18-24-17-21-11-13-23(26-3)14-12-21/h4-14,19,22,24-25H,15-18H2,1-3H3/b10-7+. The second-order valence-corrected chi connectivity index (χ2v) is 7.03. The predicted molar refractivity (Wildman–Crippen MR) is 111 cm³/mol. The molecule has 0 radical (unpaired) electrons. The molecule has 3 nitrogen and oxygen atoms in total. The second kappa shape index (κ2) is 11.5. The monoisotopic (exact) mass is 352 g/mol. The lowest BCUT2D eigenvalue weighted by Crippen LogP contribution is -2.39.